The molecule has 0 saturated carbocycles. The van der Waals surface area contributed by atoms with E-state index >= 15 is 0 Å². The van der Waals surface area contributed by atoms with E-state index in [0.717, 1.165) is 0 Å². The first-order valence-electron chi connectivity index (χ1n) is 25.2. The summed E-state index contributed by atoms with van der Waals surface area (Å²) in [5.74, 6) is 0. The van der Waals surface area contributed by atoms with Crippen LogP contribution in [0.5, 0.6) is 0 Å². The molecule has 11 aromatic rings. The summed E-state index contributed by atoms with van der Waals surface area (Å²) in [6.45, 7) is 16.2. The third-order valence-electron chi connectivity index (χ3n) is 15.2. The fourth-order valence-electron chi connectivity index (χ4n) is 11.4. The van der Waals surface area contributed by atoms with Crippen molar-refractivity contribution in [2.45, 2.75) is 59.3 Å². The van der Waals surface area contributed by atoms with Crippen LogP contribution < -0.4 is 26.2 Å². The molecule has 2 aromatic heterocycles. The Hall–Kier alpha value is -7.44. The van der Waals surface area contributed by atoms with Gasteiger partial charge in [-0.1, -0.05) is 163 Å². The minimum absolute atomic E-state index is 0.0410. The van der Waals surface area contributed by atoms with Crippen molar-refractivity contribution in [1.29, 1.82) is 0 Å². The maximum Gasteiger partial charge on any atom is 0.252 e. The predicted molar refractivity (Wildman–Crippen MR) is 315 cm³/mol. The second kappa shape index (κ2) is 16.8. The molecule has 0 fully saturated rings. The molecule has 0 saturated heterocycles. The van der Waals surface area contributed by atoms with Gasteiger partial charge in [0.05, 0.1) is 11.4 Å². The van der Waals surface area contributed by atoms with Crippen LogP contribution in [0.2, 0.25) is 0 Å². The lowest BCUT2D eigenvalue weighted by molar-refractivity contribution is 0.590. The second-order valence-electron chi connectivity index (χ2n) is 21.9. The Labute approximate surface area is 432 Å². The van der Waals surface area contributed by atoms with Gasteiger partial charge in [-0.15, -0.1) is 22.7 Å². The molecule has 2 nitrogen and oxygen atoms in total. The monoisotopic (exact) mass is 962 g/mol. The lowest BCUT2D eigenvalue weighted by Crippen LogP contribution is -2.61. The molecule has 2 aliphatic heterocycles. The number of hydrogen-bond acceptors (Lipinski definition) is 4. The van der Waals surface area contributed by atoms with Gasteiger partial charge in [-0.25, -0.2) is 0 Å². The number of rotatable bonds is 6. The van der Waals surface area contributed by atoms with E-state index in [0.29, 0.717) is 0 Å². The van der Waals surface area contributed by atoms with E-state index in [-0.39, 0.29) is 17.5 Å². The highest BCUT2D eigenvalue weighted by Gasteiger charge is 2.44. The summed E-state index contributed by atoms with van der Waals surface area (Å²) < 4.78 is 2.61. The Kier molecular flexibility index (Phi) is 10.4. The average Bonchev–Trinajstić information content (AvgIpc) is 4.08. The minimum Gasteiger partial charge on any atom is -0.311 e. The number of hydrogen-bond donors (Lipinski definition) is 0. The zero-order chi connectivity index (χ0) is 49.0. The molecule has 72 heavy (non-hydrogen) atoms. The molecule has 0 spiro atoms. The van der Waals surface area contributed by atoms with E-state index in [4.69, 9.17) is 0 Å². The minimum atomic E-state index is -0.0428. The zero-order valence-electron chi connectivity index (χ0n) is 41.9. The number of aryl methyl sites for hydroxylation is 1. The summed E-state index contributed by atoms with van der Waals surface area (Å²) >= 11 is 3.62. The highest BCUT2D eigenvalue weighted by Crippen LogP contribution is 2.50. The Bertz CT molecular complexity index is 3670. The summed E-state index contributed by atoms with van der Waals surface area (Å²) in [5.41, 5.74) is 24.6. The van der Waals surface area contributed by atoms with Gasteiger partial charge < -0.3 is 9.80 Å². The molecule has 13 rings (SSSR count). The maximum absolute atomic E-state index is 2.62. The summed E-state index contributed by atoms with van der Waals surface area (Å²) in [5, 5.41) is 6.97. The van der Waals surface area contributed by atoms with Gasteiger partial charge >= 0.3 is 0 Å². The van der Waals surface area contributed by atoms with Crippen molar-refractivity contribution in [2.24, 2.45) is 0 Å². The first-order chi connectivity index (χ1) is 34.9. The Morgan fingerprint density at radius 2 is 0.778 bits per heavy atom. The van der Waals surface area contributed by atoms with Crippen molar-refractivity contribution in [1.82, 2.24) is 0 Å². The molecule has 9 aromatic carbocycles. The highest BCUT2D eigenvalue weighted by molar-refractivity contribution is 7.17. The van der Waals surface area contributed by atoms with Crippen LogP contribution in [0.1, 0.15) is 58.2 Å². The molecule has 348 valence electrons. The lowest BCUT2D eigenvalue weighted by atomic mass is 9.33. The first-order valence-corrected chi connectivity index (χ1v) is 27.0. The second-order valence-corrected chi connectivity index (χ2v) is 23.8. The van der Waals surface area contributed by atoms with Crippen molar-refractivity contribution >= 4 is 100 Å². The van der Waals surface area contributed by atoms with Crippen LogP contribution >= 0.6 is 22.7 Å². The van der Waals surface area contributed by atoms with Gasteiger partial charge in [-0.3, -0.25) is 0 Å². The topological polar surface area (TPSA) is 6.48 Å². The summed E-state index contributed by atoms with van der Waals surface area (Å²) in [4.78, 5) is 5.24. The van der Waals surface area contributed by atoms with Crippen LogP contribution in [0.25, 0.3) is 64.7 Å². The molecule has 0 amide bonds. The molecule has 4 heterocycles. The van der Waals surface area contributed by atoms with E-state index in [1.165, 1.54) is 132 Å². The van der Waals surface area contributed by atoms with Crippen molar-refractivity contribution in [2.75, 3.05) is 9.80 Å². The van der Waals surface area contributed by atoms with Gasteiger partial charge in [-0.05, 0) is 179 Å². The van der Waals surface area contributed by atoms with Crippen molar-refractivity contribution < 1.29 is 0 Å². The number of benzene rings is 9. The Balaban J connectivity index is 1.13. The van der Waals surface area contributed by atoms with E-state index in [2.05, 4.69) is 263 Å². The Morgan fingerprint density at radius 3 is 1.21 bits per heavy atom. The SMILES string of the molecule is Cc1cc2c3c(c1)N(c1ccc(C(C)(C)C)cc1-c1ccccc1)c1cc(-c4ccc5ccsc5c4)ccc1B3c1ccc(-c3ccc4ccsc4c3)cc1N2c1ccc(C(C)(C)C)cc1-c1ccccc1. The van der Waals surface area contributed by atoms with E-state index < -0.39 is 0 Å². The van der Waals surface area contributed by atoms with Crippen LogP contribution in [-0.2, 0) is 10.8 Å². The van der Waals surface area contributed by atoms with Gasteiger partial charge in [0, 0.05) is 43.3 Å². The number of thiophene rings is 2. The summed E-state index contributed by atoms with van der Waals surface area (Å²) in [6.07, 6.45) is 0. The van der Waals surface area contributed by atoms with Gasteiger partial charge in [0.25, 0.3) is 6.71 Å². The molecule has 5 heteroatoms. The Morgan fingerprint density at radius 1 is 0.361 bits per heavy atom. The molecule has 0 bridgehead atoms. The number of fused-ring (bicyclic) bond motifs is 6. The predicted octanol–water partition coefficient (Wildman–Crippen LogP) is 17.8. The number of nitrogens with zero attached hydrogens (tertiary/aromatic N) is 2. The van der Waals surface area contributed by atoms with E-state index in [1.807, 2.05) is 22.7 Å². The molecular weight excluding hydrogens is 908 g/mol. The van der Waals surface area contributed by atoms with Gasteiger partial charge in [0.2, 0.25) is 0 Å². The number of anilines is 6. The van der Waals surface area contributed by atoms with Crippen molar-refractivity contribution in [3.8, 4) is 44.5 Å². The van der Waals surface area contributed by atoms with Gasteiger partial charge in [0.15, 0.2) is 0 Å². The van der Waals surface area contributed by atoms with Crippen molar-refractivity contribution in [3.05, 3.63) is 222 Å². The molecule has 2 aliphatic rings. The lowest BCUT2D eigenvalue weighted by Gasteiger charge is -2.45. The molecule has 0 N–H and O–H groups in total. The van der Waals surface area contributed by atoms with Crippen LogP contribution in [0.4, 0.5) is 34.1 Å². The smallest absolute Gasteiger partial charge is 0.252 e. The van der Waals surface area contributed by atoms with Gasteiger partial charge in [-0.2, -0.15) is 0 Å². The fourth-order valence-corrected chi connectivity index (χ4v) is 13.0. The standard InChI is InChI=1S/C67H55BN2S2/c1-42-34-61-65-62(35-42)70(58-29-25-52(67(5,6)7)41-54(58)44-16-12-9-13-17-44)60-37-48(50-21-19-46-31-33-72-64(46)39-50)23-27-56(60)68(65)55-26-22-47(49-20-18-45-30-32-71-63(45)38-49)36-59(55)69(61)57-28-24-51(66(2,3)4)40-53(57)43-14-10-8-11-15-43/h8-41H,1-7H3. The quantitative estimate of drug-likeness (QED) is 0.153. The average molecular weight is 963 g/mol. The van der Waals surface area contributed by atoms with E-state index in [1.54, 1.807) is 0 Å². The van der Waals surface area contributed by atoms with Crippen LogP contribution in [0, 0.1) is 6.92 Å². The highest BCUT2D eigenvalue weighted by atomic mass is 32.1. The van der Waals surface area contributed by atoms with Crippen molar-refractivity contribution in [3.63, 3.8) is 0 Å². The van der Waals surface area contributed by atoms with Crippen LogP contribution in [0.15, 0.2) is 205 Å². The molecule has 0 atom stereocenters. The summed E-state index contributed by atoms with van der Waals surface area (Å²) in [6, 6.07) is 74.3. The third kappa shape index (κ3) is 7.44. The zero-order valence-corrected chi connectivity index (χ0v) is 43.6. The normalized spacial score (nSPS) is 13.1. The molecule has 0 aliphatic carbocycles. The van der Waals surface area contributed by atoms with E-state index in [9.17, 15) is 0 Å². The molecule has 0 radical (unpaired) electrons. The molecule has 0 unspecified atom stereocenters. The third-order valence-corrected chi connectivity index (χ3v) is 16.9. The van der Waals surface area contributed by atoms with Crippen LogP contribution in [0.3, 0.4) is 0 Å². The summed E-state index contributed by atoms with van der Waals surface area (Å²) in [7, 11) is 0. The largest absolute Gasteiger partial charge is 0.311 e. The fraction of sp³-hybridized carbons (Fsp3) is 0.134. The maximum atomic E-state index is 2.62. The molecular formula is C67H55BN2S2. The van der Waals surface area contributed by atoms with Gasteiger partial charge in [0.1, 0.15) is 0 Å². The first kappa shape index (κ1) is 44.5. The van der Waals surface area contributed by atoms with Crippen LogP contribution in [-0.4, -0.2) is 6.71 Å².